The topological polar surface area (TPSA) is 107 Å². The molecule has 0 aliphatic heterocycles. The zero-order valence-corrected chi connectivity index (χ0v) is 17.8. The van der Waals surface area contributed by atoms with Gasteiger partial charge in [-0.05, 0) is 31.0 Å². The molecule has 32 heavy (non-hydrogen) atoms. The predicted octanol–water partition coefficient (Wildman–Crippen LogP) is 3.91. The highest BCUT2D eigenvalue weighted by Crippen LogP contribution is 2.31. The number of nitrogens with zero attached hydrogens (tertiary/aromatic N) is 7. The summed E-state index contributed by atoms with van der Waals surface area (Å²) in [5, 5.41) is 12.7. The first-order valence-corrected chi connectivity index (χ1v) is 11.0. The average Bonchev–Trinajstić information content (AvgIpc) is 3.48. The molecule has 4 aromatic heterocycles. The summed E-state index contributed by atoms with van der Waals surface area (Å²) < 4.78 is 3.05. The van der Waals surface area contributed by atoms with Gasteiger partial charge in [0.15, 0.2) is 11.6 Å². The Morgan fingerprint density at radius 2 is 1.91 bits per heavy atom. The summed E-state index contributed by atoms with van der Waals surface area (Å²) in [5.41, 5.74) is 1.09. The van der Waals surface area contributed by atoms with Gasteiger partial charge in [0.25, 0.3) is 17.3 Å². The van der Waals surface area contributed by atoms with Crippen molar-refractivity contribution in [2.24, 2.45) is 0 Å². The number of halogens is 1. The summed E-state index contributed by atoms with van der Waals surface area (Å²) in [4.78, 5) is 26.7. The molecule has 1 N–H and O–H groups in total. The maximum atomic E-state index is 13.2. The van der Waals surface area contributed by atoms with Crippen molar-refractivity contribution < 1.29 is 0 Å². The molecule has 6 rings (SSSR count). The summed E-state index contributed by atoms with van der Waals surface area (Å²) in [6.07, 6.45) is 9.05. The Kier molecular flexibility index (Phi) is 4.50. The van der Waals surface area contributed by atoms with Gasteiger partial charge in [-0.15, -0.1) is 10.2 Å². The SMILES string of the molecule is O=c1c2cnc3nc(C4CCCCC4)nn3c2ccn1-c1n[nH]c(-c2ccccc2Cl)n1. The third-order valence-electron chi connectivity index (χ3n) is 6.04. The summed E-state index contributed by atoms with van der Waals surface area (Å²) in [6.45, 7) is 0. The normalized spacial score (nSPS) is 15.0. The van der Waals surface area contributed by atoms with Crippen LogP contribution in [0.25, 0.3) is 34.0 Å². The molecule has 5 aromatic rings. The highest BCUT2D eigenvalue weighted by atomic mass is 35.5. The molecule has 0 spiro atoms. The molecule has 1 aliphatic rings. The fraction of sp³-hybridized carbons (Fsp3) is 0.273. The Morgan fingerprint density at radius 3 is 2.75 bits per heavy atom. The monoisotopic (exact) mass is 446 g/mol. The van der Waals surface area contributed by atoms with Gasteiger partial charge in [0.2, 0.25) is 0 Å². The molecule has 0 amide bonds. The van der Waals surface area contributed by atoms with E-state index in [4.69, 9.17) is 16.7 Å². The maximum absolute atomic E-state index is 13.2. The van der Waals surface area contributed by atoms with Crippen LogP contribution in [0.4, 0.5) is 0 Å². The van der Waals surface area contributed by atoms with Crippen molar-refractivity contribution in [3.05, 3.63) is 63.9 Å². The van der Waals surface area contributed by atoms with Gasteiger partial charge in [-0.25, -0.2) is 9.55 Å². The van der Waals surface area contributed by atoms with Crippen LogP contribution in [0.5, 0.6) is 0 Å². The summed E-state index contributed by atoms with van der Waals surface area (Å²) >= 11 is 6.26. The molecule has 0 bridgehead atoms. The van der Waals surface area contributed by atoms with E-state index in [9.17, 15) is 4.79 Å². The molecular formula is C22H19ClN8O. The van der Waals surface area contributed by atoms with Gasteiger partial charge >= 0.3 is 0 Å². The average molecular weight is 447 g/mol. The van der Waals surface area contributed by atoms with Crippen LogP contribution in [0, 0.1) is 0 Å². The van der Waals surface area contributed by atoms with E-state index < -0.39 is 0 Å². The highest BCUT2D eigenvalue weighted by molar-refractivity contribution is 6.33. The fourth-order valence-electron chi connectivity index (χ4n) is 4.36. The first-order valence-electron chi connectivity index (χ1n) is 10.6. The number of pyridine rings is 1. The fourth-order valence-corrected chi connectivity index (χ4v) is 4.59. The van der Waals surface area contributed by atoms with Crippen molar-refractivity contribution >= 4 is 28.3 Å². The van der Waals surface area contributed by atoms with E-state index in [1.165, 1.54) is 23.8 Å². The van der Waals surface area contributed by atoms with Crippen molar-refractivity contribution in [2.75, 3.05) is 0 Å². The van der Waals surface area contributed by atoms with Crippen molar-refractivity contribution in [1.29, 1.82) is 0 Å². The van der Waals surface area contributed by atoms with Gasteiger partial charge in [-0.3, -0.25) is 9.89 Å². The Balaban J connectivity index is 1.43. The van der Waals surface area contributed by atoms with Gasteiger partial charge in [0, 0.05) is 23.9 Å². The molecule has 1 fully saturated rings. The molecule has 4 heterocycles. The largest absolute Gasteiger partial charge is 0.268 e. The van der Waals surface area contributed by atoms with Crippen LogP contribution in [0.2, 0.25) is 5.02 Å². The van der Waals surface area contributed by atoms with Crippen molar-refractivity contribution in [3.8, 4) is 17.3 Å². The quantitative estimate of drug-likeness (QED) is 0.450. The lowest BCUT2D eigenvalue weighted by Crippen LogP contribution is -2.20. The Labute approximate surface area is 187 Å². The number of nitrogens with one attached hydrogen (secondary N) is 1. The number of fused-ring (bicyclic) bond motifs is 3. The molecule has 0 atom stereocenters. The summed E-state index contributed by atoms with van der Waals surface area (Å²) in [6, 6.07) is 9.13. The Morgan fingerprint density at radius 1 is 1.06 bits per heavy atom. The van der Waals surface area contributed by atoms with Gasteiger partial charge in [0.1, 0.15) is 0 Å². The summed E-state index contributed by atoms with van der Waals surface area (Å²) in [5.74, 6) is 2.40. The van der Waals surface area contributed by atoms with Crippen molar-refractivity contribution in [3.63, 3.8) is 0 Å². The van der Waals surface area contributed by atoms with Gasteiger partial charge in [-0.2, -0.15) is 14.5 Å². The number of hydrogen-bond donors (Lipinski definition) is 1. The van der Waals surface area contributed by atoms with Crippen LogP contribution >= 0.6 is 11.6 Å². The van der Waals surface area contributed by atoms with Crippen LogP contribution in [0.3, 0.4) is 0 Å². The number of aromatic amines is 1. The van der Waals surface area contributed by atoms with Crippen LogP contribution in [-0.4, -0.2) is 39.3 Å². The number of aromatic nitrogens is 8. The van der Waals surface area contributed by atoms with E-state index in [0.717, 1.165) is 18.7 Å². The van der Waals surface area contributed by atoms with E-state index in [-0.39, 0.29) is 11.5 Å². The molecule has 160 valence electrons. The molecule has 1 saturated carbocycles. The standard InChI is InChI=1S/C22H19ClN8O/c23-16-9-5-4-8-14(16)19-26-22(28-27-19)30-11-10-17-15(20(30)32)12-24-21-25-18(29-31(17)21)13-6-2-1-3-7-13/h4-5,8-13H,1-3,6-7H2,(H,26,27,28). The lowest BCUT2D eigenvalue weighted by atomic mass is 9.89. The second-order valence-corrected chi connectivity index (χ2v) is 8.44. The van der Waals surface area contributed by atoms with Crippen molar-refractivity contribution in [2.45, 2.75) is 38.0 Å². The second kappa shape index (κ2) is 7.52. The van der Waals surface area contributed by atoms with Crippen LogP contribution in [0.15, 0.2) is 47.5 Å². The number of hydrogen-bond acceptors (Lipinski definition) is 6. The van der Waals surface area contributed by atoms with E-state index >= 15 is 0 Å². The molecule has 1 aromatic carbocycles. The van der Waals surface area contributed by atoms with Crippen LogP contribution < -0.4 is 5.56 Å². The first-order chi connectivity index (χ1) is 15.7. The van der Waals surface area contributed by atoms with E-state index in [2.05, 4.69) is 25.1 Å². The molecule has 9 nitrogen and oxygen atoms in total. The molecule has 10 heteroatoms. The maximum Gasteiger partial charge on any atom is 0.268 e. The molecule has 0 radical (unpaired) electrons. The molecular weight excluding hydrogens is 428 g/mol. The Bertz CT molecular complexity index is 1510. The zero-order valence-electron chi connectivity index (χ0n) is 17.1. The minimum atomic E-state index is -0.281. The zero-order chi connectivity index (χ0) is 21.7. The van der Waals surface area contributed by atoms with E-state index in [0.29, 0.717) is 39.0 Å². The van der Waals surface area contributed by atoms with E-state index in [1.807, 2.05) is 24.3 Å². The number of benzene rings is 1. The van der Waals surface area contributed by atoms with Gasteiger partial charge < -0.3 is 0 Å². The molecule has 0 unspecified atom stereocenters. The Hall–Kier alpha value is -3.59. The lowest BCUT2D eigenvalue weighted by Gasteiger charge is -2.17. The molecule has 1 aliphatic carbocycles. The smallest absolute Gasteiger partial charge is 0.268 e. The van der Waals surface area contributed by atoms with E-state index in [1.54, 1.807) is 23.0 Å². The summed E-state index contributed by atoms with van der Waals surface area (Å²) in [7, 11) is 0. The van der Waals surface area contributed by atoms with Crippen molar-refractivity contribution in [1.82, 2.24) is 39.3 Å². The van der Waals surface area contributed by atoms with Gasteiger partial charge in [0.05, 0.1) is 15.9 Å². The predicted molar refractivity (Wildman–Crippen MR) is 120 cm³/mol. The third kappa shape index (κ3) is 3.08. The van der Waals surface area contributed by atoms with Gasteiger partial charge in [-0.1, -0.05) is 43.0 Å². The number of H-pyrrole nitrogens is 1. The lowest BCUT2D eigenvalue weighted by molar-refractivity contribution is 0.429. The third-order valence-corrected chi connectivity index (χ3v) is 6.37. The minimum Gasteiger partial charge on any atom is -0.268 e. The molecule has 0 saturated heterocycles. The van der Waals surface area contributed by atoms with Crippen LogP contribution in [-0.2, 0) is 0 Å². The first kappa shape index (κ1) is 19.1. The van der Waals surface area contributed by atoms with Crippen LogP contribution in [0.1, 0.15) is 43.8 Å². The minimum absolute atomic E-state index is 0.230. The highest BCUT2D eigenvalue weighted by Gasteiger charge is 2.21. The number of rotatable bonds is 3. The second-order valence-electron chi connectivity index (χ2n) is 8.03.